The first-order chi connectivity index (χ1) is 13.4. The van der Waals surface area contributed by atoms with Gasteiger partial charge in [-0.05, 0) is 36.8 Å². The second-order valence-corrected chi connectivity index (χ2v) is 7.54. The Morgan fingerprint density at radius 1 is 1.04 bits per heavy atom. The van der Waals surface area contributed by atoms with Gasteiger partial charge in [-0.25, -0.2) is 4.79 Å². The predicted molar refractivity (Wildman–Crippen MR) is 106 cm³/mol. The molecule has 0 radical (unpaired) electrons. The van der Waals surface area contributed by atoms with E-state index in [1.165, 1.54) is 0 Å². The zero-order valence-corrected chi connectivity index (χ0v) is 15.9. The summed E-state index contributed by atoms with van der Waals surface area (Å²) in [5, 5.41) is 12.5. The molecule has 0 heterocycles. The van der Waals surface area contributed by atoms with Crippen LogP contribution in [0.2, 0.25) is 0 Å². The van der Waals surface area contributed by atoms with E-state index < -0.39 is 17.4 Å². The quantitative estimate of drug-likeness (QED) is 0.806. The lowest BCUT2D eigenvalue weighted by molar-refractivity contribution is -0.145. The van der Waals surface area contributed by atoms with Crippen LogP contribution in [0, 0.1) is 5.92 Å². The van der Waals surface area contributed by atoms with Crippen molar-refractivity contribution in [2.75, 3.05) is 0 Å². The summed E-state index contributed by atoms with van der Waals surface area (Å²) >= 11 is 0. The van der Waals surface area contributed by atoms with Crippen LogP contribution in [0.1, 0.15) is 43.7 Å². The minimum atomic E-state index is -1.10. The second-order valence-electron chi connectivity index (χ2n) is 7.54. The maximum atomic E-state index is 13.4. The van der Waals surface area contributed by atoms with Crippen LogP contribution in [0.5, 0.6) is 0 Å². The monoisotopic (exact) mass is 379 g/mol. The van der Waals surface area contributed by atoms with Crippen molar-refractivity contribution in [3.63, 3.8) is 0 Å². The summed E-state index contributed by atoms with van der Waals surface area (Å²) in [5.74, 6) is -1.80. The number of ketones is 1. The summed E-state index contributed by atoms with van der Waals surface area (Å²) in [6.45, 7) is 1.80. The Morgan fingerprint density at radius 2 is 1.57 bits per heavy atom. The summed E-state index contributed by atoms with van der Waals surface area (Å²) in [4.78, 5) is 37.2. The maximum Gasteiger partial charge on any atom is 0.326 e. The number of aliphatic carboxylic acids is 1. The van der Waals surface area contributed by atoms with Gasteiger partial charge in [-0.15, -0.1) is 0 Å². The average molecular weight is 379 g/mol. The highest BCUT2D eigenvalue weighted by Crippen LogP contribution is 2.33. The number of carbonyl (C=O) groups excluding carboxylic acids is 2. The fourth-order valence-electron chi connectivity index (χ4n) is 3.98. The van der Waals surface area contributed by atoms with Gasteiger partial charge in [0.05, 0.1) is 5.41 Å². The van der Waals surface area contributed by atoms with E-state index in [2.05, 4.69) is 5.32 Å². The number of rotatable bonds is 6. The summed E-state index contributed by atoms with van der Waals surface area (Å²) in [7, 11) is 0. The highest BCUT2D eigenvalue weighted by atomic mass is 16.4. The summed E-state index contributed by atoms with van der Waals surface area (Å²) in [6.07, 6.45) is 1.97. The Hall–Kier alpha value is -2.95. The number of carbonyl (C=O) groups is 3. The van der Waals surface area contributed by atoms with Crippen molar-refractivity contribution in [2.24, 2.45) is 5.92 Å². The molecule has 5 nitrogen and oxygen atoms in total. The van der Waals surface area contributed by atoms with Gasteiger partial charge in [0.25, 0.3) is 0 Å². The highest BCUT2D eigenvalue weighted by molar-refractivity contribution is 5.94. The van der Waals surface area contributed by atoms with Crippen LogP contribution in [0.4, 0.5) is 0 Å². The maximum absolute atomic E-state index is 13.4. The van der Waals surface area contributed by atoms with Gasteiger partial charge in [0, 0.05) is 12.8 Å². The van der Waals surface area contributed by atoms with Gasteiger partial charge in [0.2, 0.25) is 5.91 Å². The van der Waals surface area contributed by atoms with E-state index in [-0.39, 0.29) is 24.0 Å². The van der Waals surface area contributed by atoms with E-state index in [4.69, 9.17) is 0 Å². The lowest BCUT2D eigenvalue weighted by Gasteiger charge is -2.33. The minimum Gasteiger partial charge on any atom is -0.480 e. The number of nitrogens with one attached hydrogen (secondary N) is 1. The molecule has 2 N–H and O–H groups in total. The zero-order valence-electron chi connectivity index (χ0n) is 15.9. The molecule has 0 spiro atoms. The standard InChI is InChI=1S/C23H25NO4/c1-23(17-10-4-2-5-11-17,18-12-6-3-7-13-18)22(28)24-20(21(26)27)16-9-8-14-19(25)15-16/h2-7,10-13,16,20H,8-9,14-15H2,1H3,(H,24,28)(H,26,27)/t16-,20+/m0/s1. The molecule has 1 aliphatic rings. The third-order valence-electron chi connectivity index (χ3n) is 5.70. The molecule has 0 unspecified atom stereocenters. The minimum absolute atomic E-state index is 0.0608. The van der Waals surface area contributed by atoms with Crippen LogP contribution < -0.4 is 5.32 Å². The van der Waals surface area contributed by atoms with Gasteiger partial charge in [-0.3, -0.25) is 9.59 Å². The predicted octanol–water partition coefficient (Wildman–Crippen LogP) is 3.32. The fraction of sp³-hybridized carbons (Fsp3) is 0.348. The molecule has 1 amide bonds. The topological polar surface area (TPSA) is 83.5 Å². The van der Waals surface area contributed by atoms with Crippen molar-refractivity contribution in [3.8, 4) is 0 Å². The van der Waals surface area contributed by atoms with E-state index >= 15 is 0 Å². The first-order valence-corrected chi connectivity index (χ1v) is 9.59. The Labute approximate surface area is 164 Å². The Kier molecular flexibility index (Phi) is 5.93. The van der Waals surface area contributed by atoms with Crippen LogP contribution in [0.3, 0.4) is 0 Å². The molecule has 0 aliphatic heterocycles. The van der Waals surface area contributed by atoms with E-state index in [1.54, 1.807) is 6.92 Å². The van der Waals surface area contributed by atoms with Crippen molar-refractivity contribution in [3.05, 3.63) is 71.8 Å². The summed E-state index contributed by atoms with van der Waals surface area (Å²) in [6, 6.07) is 17.6. The van der Waals surface area contributed by atoms with Gasteiger partial charge in [-0.1, -0.05) is 60.7 Å². The van der Waals surface area contributed by atoms with Crippen molar-refractivity contribution in [1.29, 1.82) is 0 Å². The van der Waals surface area contributed by atoms with Crippen LogP contribution in [0.15, 0.2) is 60.7 Å². The largest absolute Gasteiger partial charge is 0.480 e. The highest BCUT2D eigenvalue weighted by Gasteiger charge is 2.41. The van der Waals surface area contributed by atoms with Crippen molar-refractivity contribution < 1.29 is 19.5 Å². The van der Waals surface area contributed by atoms with Gasteiger partial charge in [-0.2, -0.15) is 0 Å². The van der Waals surface area contributed by atoms with E-state index in [9.17, 15) is 19.5 Å². The average Bonchev–Trinajstić information content (AvgIpc) is 2.72. The molecule has 3 rings (SSSR count). The molecular weight excluding hydrogens is 354 g/mol. The normalized spacial score (nSPS) is 18.3. The molecular formula is C23H25NO4. The van der Waals surface area contributed by atoms with Crippen molar-refractivity contribution in [2.45, 2.75) is 44.1 Å². The number of Topliss-reactive ketones (excluding diaryl/α,β-unsaturated/α-hetero) is 1. The Morgan fingerprint density at radius 3 is 2.04 bits per heavy atom. The number of hydrogen-bond acceptors (Lipinski definition) is 3. The van der Waals surface area contributed by atoms with Gasteiger partial charge < -0.3 is 10.4 Å². The first-order valence-electron chi connectivity index (χ1n) is 9.59. The molecule has 146 valence electrons. The molecule has 0 aromatic heterocycles. The number of amides is 1. The van der Waals surface area contributed by atoms with Gasteiger partial charge >= 0.3 is 5.97 Å². The summed E-state index contributed by atoms with van der Waals surface area (Å²) < 4.78 is 0. The summed E-state index contributed by atoms with van der Waals surface area (Å²) in [5.41, 5.74) is 0.514. The lowest BCUT2D eigenvalue weighted by Crippen LogP contribution is -2.53. The van der Waals surface area contributed by atoms with Gasteiger partial charge in [0.15, 0.2) is 0 Å². The fourth-order valence-corrected chi connectivity index (χ4v) is 3.98. The second kappa shape index (κ2) is 8.38. The molecule has 1 aliphatic carbocycles. The Bertz CT molecular complexity index is 808. The number of benzene rings is 2. The number of carboxylic acids is 1. The molecule has 1 fully saturated rings. The van der Waals surface area contributed by atoms with Crippen LogP contribution in [-0.2, 0) is 19.8 Å². The van der Waals surface area contributed by atoms with E-state index in [1.807, 2.05) is 60.7 Å². The van der Waals surface area contributed by atoms with E-state index in [0.29, 0.717) is 19.3 Å². The Balaban J connectivity index is 1.95. The number of carboxylic acid groups (broad SMARTS) is 1. The van der Waals surface area contributed by atoms with Crippen LogP contribution >= 0.6 is 0 Å². The molecule has 2 aromatic carbocycles. The molecule has 0 bridgehead atoms. The molecule has 2 atom stereocenters. The van der Waals surface area contributed by atoms with Crippen LogP contribution in [0.25, 0.3) is 0 Å². The zero-order chi connectivity index (χ0) is 20.1. The number of hydrogen-bond donors (Lipinski definition) is 2. The van der Waals surface area contributed by atoms with Crippen LogP contribution in [-0.4, -0.2) is 28.8 Å². The molecule has 1 saturated carbocycles. The SMILES string of the molecule is CC(C(=O)N[C@@H](C(=O)O)[C@H]1CCCC(=O)C1)(c1ccccc1)c1ccccc1. The van der Waals surface area contributed by atoms with Crippen molar-refractivity contribution >= 4 is 17.7 Å². The third kappa shape index (κ3) is 3.98. The first kappa shape index (κ1) is 19.8. The molecule has 5 heteroatoms. The van der Waals surface area contributed by atoms with E-state index in [0.717, 1.165) is 11.1 Å². The molecule has 0 saturated heterocycles. The molecule has 2 aromatic rings. The van der Waals surface area contributed by atoms with Crippen molar-refractivity contribution in [1.82, 2.24) is 5.32 Å². The lowest BCUT2D eigenvalue weighted by atomic mass is 9.74. The molecule has 28 heavy (non-hydrogen) atoms. The smallest absolute Gasteiger partial charge is 0.326 e. The van der Waals surface area contributed by atoms with Gasteiger partial charge in [0.1, 0.15) is 11.8 Å². The third-order valence-corrected chi connectivity index (χ3v) is 5.70.